The van der Waals surface area contributed by atoms with E-state index in [9.17, 15) is 4.79 Å². The second-order valence-corrected chi connectivity index (χ2v) is 6.41. The molecule has 0 amide bonds. The highest BCUT2D eigenvalue weighted by Crippen LogP contribution is 2.31. The number of carbonyl (C=O) groups is 1. The number of carbonyl (C=O) groups excluding carboxylic acids is 1. The lowest BCUT2D eigenvalue weighted by Gasteiger charge is -2.26. The summed E-state index contributed by atoms with van der Waals surface area (Å²) in [5.41, 5.74) is 4.50. The molecule has 0 aliphatic heterocycles. The zero-order valence-electron chi connectivity index (χ0n) is 14.0. The molecule has 2 aromatic carbocycles. The van der Waals surface area contributed by atoms with Crippen molar-refractivity contribution in [1.82, 2.24) is 4.90 Å². The Morgan fingerprint density at radius 2 is 1.70 bits per heavy atom. The Bertz CT molecular complexity index is 679. The van der Waals surface area contributed by atoms with Gasteiger partial charge < -0.3 is 9.80 Å². The van der Waals surface area contributed by atoms with E-state index in [4.69, 9.17) is 0 Å². The summed E-state index contributed by atoms with van der Waals surface area (Å²) in [6, 6.07) is 16.8. The predicted octanol–water partition coefficient (Wildman–Crippen LogP) is 3.91. The molecule has 0 radical (unpaired) electrons. The van der Waals surface area contributed by atoms with Gasteiger partial charge in [-0.25, -0.2) is 0 Å². The summed E-state index contributed by atoms with van der Waals surface area (Å²) in [6.45, 7) is 2.03. The highest BCUT2D eigenvalue weighted by Gasteiger charge is 2.20. The van der Waals surface area contributed by atoms with Crippen LogP contribution in [0.25, 0.3) is 0 Å². The van der Waals surface area contributed by atoms with Crippen molar-refractivity contribution in [2.45, 2.75) is 19.3 Å². The first-order valence-electron chi connectivity index (χ1n) is 8.28. The van der Waals surface area contributed by atoms with E-state index in [2.05, 4.69) is 60.3 Å². The molecular formula is C20H24N2O. The van der Waals surface area contributed by atoms with Crippen molar-refractivity contribution in [1.29, 1.82) is 0 Å². The molecule has 23 heavy (non-hydrogen) atoms. The third-order valence-electron chi connectivity index (χ3n) is 4.38. The lowest BCUT2D eigenvalue weighted by atomic mass is 10.1. The van der Waals surface area contributed by atoms with Gasteiger partial charge in [-0.1, -0.05) is 18.2 Å². The second-order valence-electron chi connectivity index (χ2n) is 6.41. The fourth-order valence-corrected chi connectivity index (χ4v) is 3.17. The standard InChI is InChI=1S/C20H24N2O/c1-21(2)13-6-14-22(17-7-4-3-5-8-17)18-10-11-19-16(15-18)9-12-20(19)23/h3-5,7-8,10-11,15H,6,9,12-14H2,1-2H3. The maximum atomic E-state index is 11.8. The van der Waals surface area contributed by atoms with E-state index >= 15 is 0 Å². The Morgan fingerprint density at radius 3 is 2.43 bits per heavy atom. The highest BCUT2D eigenvalue weighted by molar-refractivity contribution is 6.00. The number of aryl methyl sites for hydroxylation is 1. The van der Waals surface area contributed by atoms with Gasteiger partial charge in [-0.2, -0.15) is 0 Å². The zero-order chi connectivity index (χ0) is 16.2. The van der Waals surface area contributed by atoms with Gasteiger partial charge in [-0.3, -0.25) is 4.79 Å². The maximum Gasteiger partial charge on any atom is 0.163 e. The monoisotopic (exact) mass is 308 g/mol. The molecule has 0 N–H and O–H groups in total. The van der Waals surface area contributed by atoms with E-state index in [0.717, 1.165) is 31.5 Å². The van der Waals surface area contributed by atoms with E-state index in [0.29, 0.717) is 6.42 Å². The molecule has 1 aliphatic carbocycles. The highest BCUT2D eigenvalue weighted by atomic mass is 16.1. The Morgan fingerprint density at radius 1 is 0.913 bits per heavy atom. The van der Waals surface area contributed by atoms with Gasteiger partial charge in [-0.15, -0.1) is 0 Å². The van der Waals surface area contributed by atoms with Crippen LogP contribution in [0.1, 0.15) is 28.8 Å². The molecule has 0 fully saturated rings. The van der Waals surface area contributed by atoms with Crippen LogP contribution < -0.4 is 4.90 Å². The van der Waals surface area contributed by atoms with Crippen LogP contribution in [0.15, 0.2) is 48.5 Å². The van der Waals surface area contributed by atoms with E-state index in [1.165, 1.54) is 16.9 Å². The molecule has 0 saturated carbocycles. The number of fused-ring (bicyclic) bond motifs is 1. The number of benzene rings is 2. The van der Waals surface area contributed by atoms with E-state index < -0.39 is 0 Å². The summed E-state index contributed by atoms with van der Waals surface area (Å²) < 4.78 is 0. The van der Waals surface area contributed by atoms with Gasteiger partial charge in [0, 0.05) is 29.9 Å². The first kappa shape index (κ1) is 15.8. The Kier molecular flexibility index (Phi) is 4.77. The van der Waals surface area contributed by atoms with Crippen LogP contribution >= 0.6 is 0 Å². The third-order valence-corrected chi connectivity index (χ3v) is 4.38. The number of nitrogens with zero attached hydrogens (tertiary/aromatic N) is 2. The number of hydrogen-bond donors (Lipinski definition) is 0. The quantitative estimate of drug-likeness (QED) is 0.808. The van der Waals surface area contributed by atoms with E-state index in [1.54, 1.807) is 0 Å². The van der Waals surface area contributed by atoms with Crippen LogP contribution in [0.5, 0.6) is 0 Å². The number of Topliss-reactive ketones (excluding diaryl/α,β-unsaturated/α-hetero) is 1. The first-order valence-corrected chi connectivity index (χ1v) is 8.28. The fourth-order valence-electron chi connectivity index (χ4n) is 3.17. The minimum atomic E-state index is 0.283. The number of para-hydroxylation sites is 1. The van der Waals surface area contributed by atoms with Crippen molar-refractivity contribution >= 4 is 17.2 Å². The van der Waals surface area contributed by atoms with Gasteiger partial charge in [0.1, 0.15) is 0 Å². The Hall–Kier alpha value is -2.13. The number of rotatable bonds is 6. The largest absolute Gasteiger partial charge is 0.341 e. The molecule has 0 saturated heterocycles. The molecule has 2 aromatic rings. The molecule has 0 aromatic heterocycles. The normalized spacial score (nSPS) is 13.4. The van der Waals surface area contributed by atoms with Crippen LogP contribution in [0.3, 0.4) is 0 Å². The van der Waals surface area contributed by atoms with Gasteiger partial charge in [0.15, 0.2) is 5.78 Å². The average Bonchev–Trinajstić information content (AvgIpc) is 2.93. The number of hydrogen-bond acceptors (Lipinski definition) is 3. The fraction of sp³-hybridized carbons (Fsp3) is 0.350. The third kappa shape index (κ3) is 3.62. The molecule has 120 valence electrons. The van der Waals surface area contributed by atoms with Crippen LogP contribution in [0.4, 0.5) is 11.4 Å². The lowest BCUT2D eigenvalue weighted by Crippen LogP contribution is -2.23. The lowest BCUT2D eigenvalue weighted by molar-refractivity contribution is 0.0994. The summed E-state index contributed by atoms with van der Waals surface area (Å²) in [4.78, 5) is 16.4. The second kappa shape index (κ2) is 6.97. The molecule has 3 nitrogen and oxygen atoms in total. The van der Waals surface area contributed by atoms with Crippen molar-refractivity contribution < 1.29 is 4.79 Å². The first-order chi connectivity index (χ1) is 11.1. The molecule has 0 atom stereocenters. The van der Waals surface area contributed by atoms with Gasteiger partial charge >= 0.3 is 0 Å². The van der Waals surface area contributed by atoms with Crippen molar-refractivity contribution in [2.24, 2.45) is 0 Å². The van der Waals surface area contributed by atoms with Gasteiger partial charge in [-0.05, 0) is 69.4 Å². The molecular weight excluding hydrogens is 284 g/mol. The Labute approximate surface area is 138 Å². The molecule has 0 unspecified atom stereocenters. The van der Waals surface area contributed by atoms with Gasteiger partial charge in [0.2, 0.25) is 0 Å². The molecule has 3 heteroatoms. The van der Waals surface area contributed by atoms with Crippen molar-refractivity contribution in [3.05, 3.63) is 59.7 Å². The van der Waals surface area contributed by atoms with Crippen LogP contribution in [-0.4, -0.2) is 37.9 Å². The van der Waals surface area contributed by atoms with Crippen LogP contribution in [0, 0.1) is 0 Å². The summed E-state index contributed by atoms with van der Waals surface area (Å²) in [5, 5.41) is 0. The Balaban J connectivity index is 1.87. The zero-order valence-corrected chi connectivity index (χ0v) is 14.0. The molecule has 0 bridgehead atoms. The summed E-state index contributed by atoms with van der Waals surface area (Å²) >= 11 is 0. The van der Waals surface area contributed by atoms with E-state index in [1.807, 2.05) is 12.1 Å². The number of ketones is 1. The minimum Gasteiger partial charge on any atom is -0.341 e. The summed E-state index contributed by atoms with van der Waals surface area (Å²) in [6.07, 6.45) is 2.63. The van der Waals surface area contributed by atoms with Crippen LogP contribution in [-0.2, 0) is 6.42 Å². The van der Waals surface area contributed by atoms with Crippen molar-refractivity contribution in [2.75, 3.05) is 32.1 Å². The minimum absolute atomic E-state index is 0.283. The van der Waals surface area contributed by atoms with Crippen molar-refractivity contribution in [3.8, 4) is 0 Å². The topological polar surface area (TPSA) is 23.6 Å². The predicted molar refractivity (Wildman–Crippen MR) is 95.7 cm³/mol. The SMILES string of the molecule is CN(C)CCCN(c1ccccc1)c1ccc2c(c1)CCC2=O. The van der Waals surface area contributed by atoms with E-state index in [-0.39, 0.29) is 5.78 Å². The summed E-state index contributed by atoms with van der Waals surface area (Å²) in [7, 11) is 4.21. The van der Waals surface area contributed by atoms with Gasteiger partial charge in [0.25, 0.3) is 0 Å². The summed E-state index contributed by atoms with van der Waals surface area (Å²) in [5.74, 6) is 0.283. The van der Waals surface area contributed by atoms with Gasteiger partial charge in [0.05, 0.1) is 0 Å². The number of anilines is 2. The van der Waals surface area contributed by atoms with Crippen molar-refractivity contribution in [3.63, 3.8) is 0 Å². The van der Waals surface area contributed by atoms with Crippen LogP contribution in [0.2, 0.25) is 0 Å². The molecule has 0 spiro atoms. The maximum absolute atomic E-state index is 11.8. The molecule has 3 rings (SSSR count). The molecule has 1 aliphatic rings. The smallest absolute Gasteiger partial charge is 0.163 e. The average molecular weight is 308 g/mol. The molecule has 0 heterocycles.